The van der Waals surface area contributed by atoms with E-state index >= 15 is 0 Å². The van der Waals surface area contributed by atoms with Gasteiger partial charge in [-0.05, 0) is 25.0 Å². The number of nitrogens with two attached hydrogens (primary N) is 1. The maximum Gasteiger partial charge on any atom is 0.312 e. The molecule has 106 valence electrons. The van der Waals surface area contributed by atoms with E-state index in [1.165, 1.54) is 0 Å². The molecule has 1 aromatic heterocycles. The van der Waals surface area contributed by atoms with Crippen LogP contribution in [-0.2, 0) is 4.79 Å². The van der Waals surface area contributed by atoms with Gasteiger partial charge in [-0.25, -0.2) is 14.5 Å². The fourth-order valence-corrected chi connectivity index (χ4v) is 1.86. The molecule has 0 atom stereocenters. The number of nitrogens with zero attached hydrogens (tertiary/aromatic N) is 2. The molecule has 1 heterocycles. The van der Waals surface area contributed by atoms with Gasteiger partial charge in [0.25, 0.3) is 0 Å². The highest BCUT2D eigenvalue weighted by molar-refractivity contribution is 5.86. The molecule has 0 radical (unpaired) electrons. The van der Waals surface area contributed by atoms with Crippen LogP contribution < -0.4 is 16.5 Å². The number of primary amides is 1. The summed E-state index contributed by atoms with van der Waals surface area (Å²) in [5, 5.41) is 2.48. The molecule has 0 aliphatic carbocycles. The average Bonchev–Trinajstić information content (AvgIpc) is 2.81. The molecule has 0 saturated heterocycles. The van der Waals surface area contributed by atoms with Gasteiger partial charge in [-0.1, -0.05) is 12.1 Å². The van der Waals surface area contributed by atoms with E-state index in [1.807, 2.05) is 24.3 Å². The predicted octanol–water partition coefficient (Wildman–Crippen LogP) is 0.945. The first kappa shape index (κ1) is 13.9. The van der Waals surface area contributed by atoms with Crippen molar-refractivity contribution < 1.29 is 9.59 Å². The zero-order chi connectivity index (χ0) is 14.4. The van der Waals surface area contributed by atoms with Crippen LogP contribution in [0.25, 0.3) is 11.0 Å². The number of amides is 3. The van der Waals surface area contributed by atoms with Crippen LogP contribution in [0.1, 0.15) is 19.3 Å². The van der Waals surface area contributed by atoms with Crippen LogP contribution in [0.15, 0.2) is 30.6 Å². The molecule has 0 saturated carbocycles. The van der Waals surface area contributed by atoms with Gasteiger partial charge in [0, 0.05) is 13.0 Å². The number of urea groups is 1. The van der Waals surface area contributed by atoms with E-state index < -0.39 is 6.03 Å². The zero-order valence-electron chi connectivity index (χ0n) is 11.0. The molecule has 4 N–H and O–H groups in total. The Morgan fingerprint density at radius 1 is 1.25 bits per heavy atom. The van der Waals surface area contributed by atoms with Crippen molar-refractivity contribution in [3.8, 4) is 0 Å². The molecule has 2 rings (SSSR count). The summed E-state index contributed by atoms with van der Waals surface area (Å²) in [7, 11) is 0. The number of benzene rings is 1. The van der Waals surface area contributed by atoms with E-state index in [9.17, 15) is 9.59 Å². The van der Waals surface area contributed by atoms with Gasteiger partial charge >= 0.3 is 6.03 Å². The number of hydrogen-bond donors (Lipinski definition) is 3. The lowest BCUT2D eigenvalue weighted by Crippen LogP contribution is -2.30. The number of carbonyl (C=O) groups is 2. The fourth-order valence-electron chi connectivity index (χ4n) is 1.86. The Bertz CT molecular complexity index is 608. The second-order valence-corrected chi connectivity index (χ2v) is 4.39. The fraction of sp³-hybridized carbons (Fsp3) is 0.308. The molecule has 7 heteroatoms. The van der Waals surface area contributed by atoms with Crippen LogP contribution in [0.5, 0.6) is 0 Å². The van der Waals surface area contributed by atoms with Gasteiger partial charge < -0.3 is 11.1 Å². The number of rotatable bonds is 6. The Labute approximate surface area is 116 Å². The van der Waals surface area contributed by atoms with Crippen molar-refractivity contribution in [2.75, 3.05) is 12.0 Å². The molecular weight excluding hydrogens is 258 g/mol. The summed E-state index contributed by atoms with van der Waals surface area (Å²) in [4.78, 5) is 26.4. The minimum Gasteiger partial charge on any atom is -0.352 e. The number of nitrogens with one attached hydrogen (secondary N) is 2. The number of hydrogen-bond acceptors (Lipinski definition) is 3. The van der Waals surface area contributed by atoms with Crippen molar-refractivity contribution in [2.24, 2.45) is 5.73 Å². The third-order valence-corrected chi connectivity index (χ3v) is 2.83. The minimum atomic E-state index is -0.542. The van der Waals surface area contributed by atoms with Crippen molar-refractivity contribution in [2.45, 2.75) is 19.3 Å². The molecule has 0 aliphatic heterocycles. The third-order valence-electron chi connectivity index (χ3n) is 2.83. The van der Waals surface area contributed by atoms with Gasteiger partial charge in [-0.3, -0.25) is 10.2 Å². The summed E-state index contributed by atoms with van der Waals surface area (Å²) in [5.41, 5.74) is 9.40. The first-order chi connectivity index (χ1) is 9.66. The Kier molecular flexibility index (Phi) is 4.54. The van der Waals surface area contributed by atoms with Gasteiger partial charge in [0.1, 0.15) is 6.33 Å². The van der Waals surface area contributed by atoms with Gasteiger partial charge in [0.15, 0.2) is 0 Å². The molecule has 3 amide bonds. The number of unbranched alkanes of at least 4 members (excludes halogenated alkanes) is 1. The van der Waals surface area contributed by atoms with E-state index in [2.05, 4.69) is 15.7 Å². The van der Waals surface area contributed by atoms with E-state index in [0.29, 0.717) is 25.8 Å². The number of imidazole rings is 1. The summed E-state index contributed by atoms with van der Waals surface area (Å²) in [6.45, 7) is 0.483. The van der Waals surface area contributed by atoms with Crippen LogP contribution in [-0.4, -0.2) is 28.1 Å². The molecule has 0 bridgehead atoms. The van der Waals surface area contributed by atoms with Crippen molar-refractivity contribution in [1.82, 2.24) is 15.0 Å². The predicted molar refractivity (Wildman–Crippen MR) is 75.5 cm³/mol. The number of carbonyl (C=O) groups excluding carboxylic acids is 2. The quantitative estimate of drug-likeness (QED) is 0.684. The molecule has 0 spiro atoms. The van der Waals surface area contributed by atoms with E-state index in [1.54, 1.807) is 11.0 Å². The average molecular weight is 275 g/mol. The Hall–Kier alpha value is -2.57. The van der Waals surface area contributed by atoms with Gasteiger partial charge in [-0.2, -0.15) is 0 Å². The largest absolute Gasteiger partial charge is 0.352 e. The second-order valence-electron chi connectivity index (χ2n) is 4.39. The highest BCUT2D eigenvalue weighted by Gasteiger charge is 2.05. The molecule has 2 aromatic rings. The number of para-hydroxylation sites is 2. The van der Waals surface area contributed by atoms with Crippen molar-refractivity contribution in [1.29, 1.82) is 0 Å². The standard InChI is InChI=1S/C13H17N5O2/c14-13(20)15-8-4-3-7-12(19)17-18-9-16-10-5-1-2-6-11(10)18/h1-2,5-6,9H,3-4,7-8H2,(H,17,19)(H3,14,15,20). The van der Waals surface area contributed by atoms with Gasteiger partial charge in [0.05, 0.1) is 11.0 Å². The lowest BCUT2D eigenvalue weighted by Gasteiger charge is -2.07. The first-order valence-corrected chi connectivity index (χ1v) is 6.42. The summed E-state index contributed by atoms with van der Waals surface area (Å²) in [6.07, 6.45) is 3.35. The summed E-state index contributed by atoms with van der Waals surface area (Å²) >= 11 is 0. The maximum absolute atomic E-state index is 11.8. The van der Waals surface area contributed by atoms with E-state index in [4.69, 9.17) is 5.73 Å². The minimum absolute atomic E-state index is 0.0905. The van der Waals surface area contributed by atoms with Crippen molar-refractivity contribution >= 4 is 23.0 Å². The monoisotopic (exact) mass is 275 g/mol. The Morgan fingerprint density at radius 2 is 2.05 bits per heavy atom. The molecule has 0 aliphatic rings. The SMILES string of the molecule is NC(=O)NCCCCC(=O)Nn1cnc2ccccc21. The van der Waals surface area contributed by atoms with Crippen molar-refractivity contribution in [3.05, 3.63) is 30.6 Å². The zero-order valence-corrected chi connectivity index (χ0v) is 11.0. The van der Waals surface area contributed by atoms with Crippen LogP contribution in [0.3, 0.4) is 0 Å². The maximum atomic E-state index is 11.8. The highest BCUT2D eigenvalue weighted by atomic mass is 16.2. The molecule has 0 unspecified atom stereocenters. The van der Waals surface area contributed by atoms with Crippen LogP contribution in [0.2, 0.25) is 0 Å². The summed E-state index contributed by atoms with van der Waals surface area (Å²) in [5.74, 6) is -0.0905. The molecule has 1 aromatic carbocycles. The Morgan fingerprint density at radius 3 is 2.85 bits per heavy atom. The van der Waals surface area contributed by atoms with Gasteiger partial charge in [-0.15, -0.1) is 0 Å². The highest BCUT2D eigenvalue weighted by Crippen LogP contribution is 2.10. The third kappa shape index (κ3) is 3.71. The van der Waals surface area contributed by atoms with E-state index in [-0.39, 0.29) is 5.91 Å². The lowest BCUT2D eigenvalue weighted by atomic mass is 10.2. The van der Waals surface area contributed by atoms with Crippen molar-refractivity contribution in [3.63, 3.8) is 0 Å². The summed E-state index contributed by atoms with van der Waals surface area (Å²) < 4.78 is 1.61. The smallest absolute Gasteiger partial charge is 0.312 e. The molecular formula is C13H17N5O2. The van der Waals surface area contributed by atoms with Crippen LogP contribution in [0.4, 0.5) is 4.79 Å². The Balaban J connectivity index is 1.78. The summed E-state index contributed by atoms with van der Waals surface area (Å²) in [6, 6.07) is 7.02. The number of aromatic nitrogens is 2. The first-order valence-electron chi connectivity index (χ1n) is 6.42. The number of fused-ring (bicyclic) bond motifs is 1. The molecule has 20 heavy (non-hydrogen) atoms. The lowest BCUT2D eigenvalue weighted by molar-refractivity contribution is -0.117. The second kappa shape index (κ2) is 6.55. The van der Waals surface area contributed by atoms with Crippen LogP contribution in [0, 0.1) is 0 Å². The molecule has 7 nitrogen and oxygen atoms in total. The normalized spacial score (nSPS) is 10.4. The topological polar surface area (TPSA) is 102 Å². The van der Waals surface area contributed by atoms with E-state index in [0.717, 1.165) is 11.0 Å². The molecule has 0 fully saturated rings. The van der Waals surface area contributed by atoms with Crippen LogP contribution >= 0.6 is 0 Å². The van der Waals surface area contributed by atoms with Gasteiger partial charge in [0.2, 0.25) is 5.91 Å².